The number of carbonyl (C=O) groups excluding carboxylic acids is 2. The third-order valence-corrected chi connectivity index (χ3v) is 6.45. The molecule has 3 aromatic rings. The van der Waals surface area contributed by atoms with Gasteiger partial charge in [-0.3, -0.25) is 14.5 Å². The second-order valence-corrected chi connectivity index (χ2v) is 8.82. The Morgan fingerprint density at radius 2 is 1.71 bits per heavy atom. The van der Waals surface area contributed by atoms with Crippen LogP contribution in [0.1, 0.15) is 47.0 Å². The van der Waals surface area contributed by atoms with Gasteiger partial charge in [-0.05, 0) is 61.3 Å². The number of likely N-dealkylation sites (tertiary alicyclic amines) is 1. The first-order valence-corrected chi connectivity index (χ1v) is 12.2. The number of benzene rings is 2. The number of methoxy groups -OCH3 is 1. The molecule has 2 N–H and O–H groups in total. The summed E-state index contributed by atoms with van der Waals surface area (Å²) < 4.78 is 10.5. The van der Waals surface area contributed by atoms with Crippen LogP contribution in [-0.2, 0) is 11.2 Å². The zero-order chi connectivity index (χ0) is 24.5. The lowest BCUT2D eigenvalue weighted by Gasteiger charge is -2.35. The van der Waals surface area contributed by atoms with E-state index in [1.165, 1.54) is 12.7 Å². The molecule has 1 fully saturated rings. The summed E-state index contributed by atoms with van der Waals surface area (Å²) in [6.45, 7) is 2.44. The minimum atomic E-state index is -0.729. The first-order valence-electron chi connectivity index (χ1n) is 12.2. The standard InChI is InChI=1S/C28H33N3O4/c1-34-23-14-12-22(13-15-23)25(31-16-6-3-7-17-31)20-29-27(32)24(19-21-9-4-2-5-10-21)30-28(33)26-11-8-18-35-26/h2,4-5,8-15,18,24-25H,3,6-7,16-17,19-20H2,1H3,(H,29,32)(H,30,33)/t24-,25+/m1/s1. The minimum absolute atomic E-state index is 0.0447. The Kier molecular flexibility index (Phi) is 8.57. The van der Waals surface area contributed by atoms with E-state index in [2.05, 4.69) is 27.7 Å². The van der Waals surface area contributed by atoms with Gasteiger partial charge < -0.3 is 19.8 Å². The van der Waals surface area contributed by atoms with E-state index in [1.54, 1.807) is 19.2 Å². The molecular weight excluding hydrogens is 442 g/mol. The van der Waals surface area contributed by atoms with Gasteiger partial charge in [-0.2, -0.15) is 0 Å². The van der Waals surface area contributed by atoms with E-state index in [0.29, 0.717) is 13.0 Å². The molecule has 0 spiro atoms. The maximum absolute atomic E-state index is 13.4. The Balaban J connectivity index is 1.48. The first kappa shape index (κ1) is 24.5. The highest BCUT2D eigenvalue weighted by atomic mass is 16.5. The van der Waals surface area contributed by atoms with E-state index in [1.807, 2.05) is 42.5 Å². The number of nitrogens with one attached hydrogen (secondary N) is 2. The Morgan fingerprint density at radius 1 is 0.971 bits per heavy atom. The number of ether oxygens (including phenoxy) is 1. The summed E-state index contributed by atoms with van der Waals surface area (Å²) in [6, 6.07) is 20.3. The quantitative estimate of drug-likeness (QED) is 0.464. The number of piperidine rings is 1. The van der Waals surface area contributed by atoms with Crippen molar-refractivity contribution in [2.24, 2.45) is 0 Å². The van der Waals surface area contributed by atoms with Gasteiger partial charge >= 0.3 is 0 Å². The van der Waals surface area contributed by atoms with Crippen molar-refractivity contribution in [1.29, 1.82) is 0 Å². The van der Waals surface area contributed by atoms with Crippen molar-refractivity contribution in [1.82, 2.24) is 15.5 Å². The van der Waals surface area contributed by atoms with Gasteiger partial charge in [0.15, 0.2) is 5.76 Å². The number of carbonyl (C=O) groups is 2. The highest BCUT2D eigenvalue weighted by molar-refractivity contribution is 5.95. The summed E-state index contributed by atoms with van der Waals surface area (Å²) in [5, 5.41) is 5.97. The van der Waals surface area contributed by atoms with Gasteiger partial charge in [-0.25, -0.2) is 0 Å². The van der Waals surface area contributed by atoms with Crippen molar-refractivity contribution in [3.63, 3.8) is 0 Å². The third-order valence-electron chi connectivity index (χ3n) is 6.45. The summed E-state index contributed by atoms with van der Waals surface area (Å²) in [5.74, 6) is 0.358. The molecule has 7 heteroatoms. The second kappa shape index (κ2) is 12.2. The Hall–Kier alpha value is -3.58. The zero-order valence-corrected chi connectivity index (χ0v) is 20.1. The monoisotopic (exact) mass is 475 g/mol. The van der Waals surface area contributed by atoms with Gasteiger partial charge in [-0.1, -0.05) is 48.9 Å². The van der Waals surface area contributed by atoms with Crippen molar-refractivity contribution in [3.05, 3.63) is 89.9 Å². The topological polar surface area (TPSA) is 83.8 Å². The molecule has 4 rings (SSSR count). The molecule has 2 aromatic carbocycles. The molecule has 0 bridgehead atoms. The molecule has 184 valence electrons. The van der Waals surface area contributed by atoms with Crippen LogP contribution in [0.4, 0.5) is 0 Å². The molecule has 2 amide bonds. The van der Waals surface area contributed by atoms with Crippen LogP contribution >= 0.6 is 0 Å². The molecule has 1 aromatic heterocycles. The molecule has 0 saturated carbocycles. The Bertz CT molecular complexity index is 1060. The van der Waals surface area contributed by atoms with E-state index in [4.69, 9.17) is 9.15 Å². The average Bonchev–Trinajstić information content (AvgIpc) is 3.45. The molecule has 35 heavy (non-hydrogen) atoms. The number of nitrogens with zero attached hydrogens (tertiary/aromatic N) is 1. The van der Waals surface area contributed by atoms with Crippen LogP contribution in [0.3, 0.4) is 0 Å². The minimum Gasteiger partial charge on any atom is -0.497 e. The molecule has 2 heterocycles. The lowest BCUT2D eigenvalue weighted by atomic mass is 10.0. The Morgan fingerprint density at radius 3 is 2.37 bits per heavy atom. The molecule has 2 atom stereocenters. The predicted octanol–water partition coefficient (Wildman–Crippen LogP) is 3.97. The zero-order valence-electron chi connectivity index (χ0n) is 20.1. The van der Waals surface area contributed by atoms with Crippen LogP contribution in [-0.4, -0.2) is 49.5 Å². The predicted molar refractivity (Wildman–Crippen MR) is 134 cm³/mol. The molecule has 1 aliphatic rings. The molecule has 1 saturated heterocycles. The van der Waals surface area contributed by atoms with Crippen molar-refractivity contribution >= 4 is 11.8 Å². The van der Waals surface area contributed by atoms with Crippen molar-refractivity contribution < 1.29 is 18.7 Å². The van der Waals surface area contributed by atoms with Gasteiger partial charge in [0.2, 0.25) is 5.91 Å². The number of rotatable bonds is 10. The van der Waals surface area contributed by atoms with Crippen molar-refractivity contribution in [2.45, 2.75) is 37.8 Å². The fraction of sp³-hybridized carbons (Fsp3) is 0.357. The number of hydrogen-bond donors (Lipinski definition) is 2. The summed E-state index contributed by atoms with van der Waals surface area (Å²) in [6.07, 6.45) is 5.36. The van der Waals surface area contributed by atoms with Gasteiger partial charge in [0.1, 0.15) is 11.8 Å². The van der Waals surface area contributed by atoms with E-state index in [-0.39, 0.29) is 17.7 Å². The highest BCUT2D eigenvalue weighted by Gasteiger charge is 2.27. The largest absolute Gasteiger partial charge is 0.497 e. The van der Waals surface area contributed by atoms with E-state index < -0.39 is 11.9 Å². The van der Waals surface area contributed by atoms with Crippen LogP contribution in [0.25, 0.3) is 0 Å². The van der Waals surface area contributed by atoms with Gasteiger partial charge in [0, 0.05) is 13.0 Å². The van der Waals surface area contributed by atoms with Crippen molar-refractivity contribution in [2.75, 3.05) is 26.7 Å². The van der Waals surface area contributed by atoms with Crippen LogP contribution in [0, 0.1) is 0 Å². The fourth-order valence-electron chi connectivity index (χ4n) is 4.53. The Labute approximate surface area is 206 Å². The van der Waals surface area contributed by atoms with Gasteiger partial charge in [-0.15, -0.1) is 0 Å². The number of hydrogen-bond acceptors (Lipinski definition) is 5. The van der Waals surface area contributed by atoms with Crippen LogP contribution in [0.2, 0.25) is 0 Å². The highest BCUT2D eigenvalue weighted by Crippen LogP contribution is 2.26. The number of amides is 2. The summed E-state index contributed by atoms with van der Waals surface area (Å²) >= 11 is 0. The van der Waals surface area contributed by atoms with E-state index in [0.717, 1.165) is 42.8 Å². The van der Waals surface area contributed by atoms with Crippen LogP contribution in [0.5, 0.6) is 5.75 Å². The second-order valence-electron chi connectivity index (χ2n) is 8.82. The molecule has 0 unspecified atom stereocenters. The van der Waals surface area contributed by atoms with E-state index in [9.17, 15) is 9.59 Å². The molecule has 7 nitrogen and oxygen atoms in total. The smallest absolute Gasteiger partial charge is 0.287 e. The number of furan rings is 1. The van der Waals surface area contributed by atoms with Crippen LogP contribution < -0.4 is 15.4 Å². The molecular formula is C28H33N3O4. The fourth-order valence-corrected chi connectivity index (χ4v) is 4.53. The van der Waals surface area contributed by atoms with Crippen LogP contribution in [0.15, 0.2) is 77.4 Å². The van der Waals surface area contributed by atoms with Crippen molar-refractivity contribution in [3.8, 4) is 5.75 Å². The SMILES string of the molecule is COc1ccc([C@H](CNC(=O)[C@@H](Cc2ccccc2)NC(=O)c2ccco2)N2CCCCC2)cc1. The summed E-state index contributed by atoms with van der Waals surface area (Å²) in [5.41, 5.74) is 2.10. The average molecular weight is 476 g/mol. The summed E-state index contributed by atoms with van der Waals surface area (Å²) in [4.78, 5) is 28.5. The molecule has 1 aliphatic heterocycles. The maximum atomic E-state index is 13.4. The third kappa shape index (κ3) is 6.73. The summed E-state index contributed by atoms with van der Waals surface area (Å²) in [7, 11) is 1.65. The molecule has 0 aliphatic carbocycles. The van der Waals surface area contributed by atoms with E-state index >= 15 is 0 Å². The van der Waals surface area contributed by atoms with Gasteiger partial charge in [0.05, 0.1) is 19.4 Å². The maximum Gasteiger partial charge on any atom is 0.287 e. The molecule has 0 radical (unpaired) electrons. The van der Waals surface area contributed by atoms with Gasteiger partial charge in [0.25, 0.3) is 5.91 Å². The lowest BCUT2D eigenvalue weighted by Crippen LogP contribution is -2.50. The lowest BCUT2D eigenvalue weighted by molar-refractivity contribution is -0.123. The normalized spacial score (nSPS) is 15.7. The first-order chi connectivity index (χ1) is 17.1.